The van der Waals surface area contributed by atoms with Gasteiger partial charge in [0.2, 0.25) is 5.78 Å². The van der Waals surface area contributed by atoms with E-state index in [0.29, 0.717) is 41.4 Å². The molecule has 3 heterocycles. The molecule has 2 amide bonds. The molecule has 9 nitrogen and oxygen atoms in total. The highest BCUT2D eigenvalue weighted by Gasteiger charge is 2.55. The molecular weight excluding hydrogens is 382 g/mol. The van der Waals surface area contributed by atoms with Gasteiger partial charge in [0.15, 0.2) is 0 Å². The monoisotopic (exact) mass is 405 g/mol. The quantitative estimate of drug-likeness (QED) is 0.565. The minimum atomic E-state index is -0.388. The fourth-order valence-electron chi connectivity index (χ4n) is 4.69. The first-order valence-electron chi connectivity index (χ1n) is 10.1. The number of fused-ring (bicyclic) bond motifs is 1. The van der Waals surface area contributed by atoms with Gasteiger partial charge in [0.05, 0.1) is 28.5 Å². The third kappa shape index (κ3) is 2.69. The summed E-state index contributed by atoms with van der Waals surface area (Å²) in [5, 5.41) is 3.12. The Labute approximate surface area is 173 Å². The van der Waals surface area contributed by atoms with Crippen LogP contribution in [0.1, 0.15) is 46.5 Å². The second-order valence-corrected chi connectivity index (χ2v) is 7.99. The summed E-state index contributed by atoms with van der Waals surface area (Å²) in [6.45, 7) is 0.560. The summed E-state index contributed by atoms with van der Waals surface area (Å²) >= 11 is 0. The molecule has 2 aliphatic rings. The summed E-state index contributed by atoms with van der Waals surface area (Å²) in [5.74, 6) is 0.0871. The first kappa shape index (κ1) is 18.4. The SMILES string of the molecule is Nc1cccc(C(=O)N2CCC(NC(=O)c3cn4cccnc4n3)C23CCC3)c1N. The lowest BCUT2D eigenvalue weighted by Gasteiger charge is -2.49. The number of likely N-dealkylation sites (tertiary alicyclic amines) is 1. The maximum atomic E-state index is 13.3. The van der Waals surface area contributed by atoms with Gasteiger partial charge in [-0.3, -0.25) is 14.0 Å². The number of nitrogens with zero attached hydrogens (tertiary/aromatic N) is 4. The normalized spacial score (nSPS) is 19.7. The maximum absolute atomic E-state index is 13.3. The van der Waals surface area contributed by atoms with Gasteiger partial charge in [-0.05, 0) is 43.9 Å². The second kappa shape index (κ2) is 6.72. The molecule has 1 unspecified atom stereocenters. The second-order valence-electron chi connectivity index (χ2n) is 7.99. The summed E-state index contributed by atoms with van der Waals surface area (Å²) in [6.07, 6.45) is 8.49. The van der Waals surface area contributed by atoms with Crippen LogP contribution in [-0.2, 0) is 0 Å². The van der Waals surface area contributed by atoms with Crippen molar-refractivity contribution in [3.05, 3.63) is 54.1 Å². The van der Waals surface area contributed by atoms with Crippen molar-refractivity contribution in [3.8, 4) is 0 Å². The van der Waals surface area contributed by atoms with Crippen LogP contribution in [-0.4, -0.2) is 49.2 Å². The van der Waals surface area contributed by atoms with Gasteiger partial charge >= 0.3 is 0 Å². The molecule has 3 aromatic rings. The standard InChI is InChI=1S/C21H23N7O2/c22-14-5-1-4-13(17(14)23)19(30)28-11-6-16(21(28)7-2-8-21)26-18(29)15-12-27-10-3-9-24-20(27)25-15/h1,3-5,9-10,12,16H,2,6-8,11,22-23H2,(H,26,29). The van der Waals surface area contributed by atoms with Crippen molar-refractivity contribution in [2.75, 3.05) is 18.0 Å². The van der Waals surface area contributed by atoms with Gasteiger partial charge < -0.3 is 21.7 Å². The van der Waals surface area contributed by atoms with Crippen LogP contribution in [0.3, 0.4) is 0 Å². The van der Waals surface area contributed by atoms with E-state index in [4.69, 9.17) is 11.5 Å². The number of nitrogens with two attached hydrogens (primary N) is 2. The predicted molar refractivity (Wildman–Crippen MR) is 112 cm³/mol. The molecule has 1 aromatic carbocycles. The zero-order valence-corrected chi connectivity index (χ0v) is 16.4. The number of aromatic nitrogens is 3. The highest BCUT2D eigenvalue weighted by molar-refractivity contribution is 6.02. The Bertz CT molecular complexity index is 1120. The number of rotatable bonds is 3. The van der Waals surface area contributed by atoms with Crippen LogP contribution in [0.5, 0.6) is 0 Å². The molecule has 9 heteroatoms. The molecule has 1 saturated heterocycles. The van der Waals surface area contributed by atoms with Gasteiger partial charge in [-0.25, -0.2) is 9.97 Å². The zero-order chi connectivity index (χ0) is 20.9. The topological polar surface area (TPSA) is 132 Å². The van der Waals surface area contributed by atoms with Crippen molar-refractivity contribution in [1.29, 1.82) is 0 Å². The average molecular weight is 405 g/mol. The van der Waals surface area contributed by atoms with Crippen LogP contribution in [0.15, 0.2) is 42.9 Å². The van der Waals surface area contributed by atoms with Gasteiger partial charge in [-0.15, -0.1) is 0 Å². The largest absolute Gasteiger partial charge is 0.397 e. The number of carbonyl (C=O) groups is 2. The molecule has 1 aliphatic carbocycles. The fraction of sp³-hybridized carbons (Fsp3) is 0.333. The first-order valence-corrected chi connectivity index (χ1v) is 10.1. The lowest BCUT2D eigenvalue weighted by Crippen LogP contribution is -2.62. The summed E-state index contributed by atoms with van der Waals surface area (Å²) < 4.78 is 1.71. The Balaban J connectivity index is 1.39. The molecule has 5 N–H and O–H groups in total. The molecule has 1 atom stereocenters. The van der Waals surface area contributed by atoms with Crippen molar-refractivity contribution < 1.29 is 9.59 Å². The van der Waals surface area contributed by atoms with Gasteiger partial charge in [0.1, 0.15) is 5.69 Å². The van der Waals surface area contributed by atoms with Crippen molar-refractivity contribution in [2.24, 2.45) is 0 Å². The third-order valence-electron chi connectivity index (χ3n) is 6.44. The van der Waals surface area contributed by atoms with Crippen LogP contribution in [0.2, 0.25) is 0 Å². The molecular formula is C21H23N7O2. The Hall–Kier alpha value is -3.62. The van der Waals surface area contributed by atoms with Crippen molar-refractivity contribution in [1.82, 2.24) is 24.6 Å². The van der Waals surface area contributed by atoms with Crippen molar-refractivity contribution in [2.45, 2.75) is 37.3 Å². The molecule has 154 valence electrons. The van der Waals surface area contributed by atoms with Crippen LogP contribution in [0.4, 0.5) is 11.4 Å². The number of nitrogens with one attached hydrogen (secondary N) is 1. The molecule has 1 saturated carbocycles. The third-order valence-corrected chi connectivity index (χ3v) is 6.44. The molecule has 1 spiro atoms. The van der Waals surface area contributed by atoms with Gasteiger partial charge in [-0.1, -0.05) is 6.07 Å². The van der Waals surface area contributed by atoms with Crippen molar-refractivity contribution in [3.63, 3.8) is 0 Å². The molecule has 2 fully saturated rings. The van der Waals surface area contributed by atoms with E-state index in [0.717, 1.165) is 19.3 Å². The van der Waals surface area contributed by atoms with E-state index < -0.39 is 0 Å². The number of nitrogen functional groups attached to an aromatic ring is 2. The molecule has 0 bridgehead atoms. The lowest BCUT2D eigenvalue weighted by molar-refractivity contribution is 0.0260. The molecule has 1 aliphatic heterocycles. The van der Waals surface area contributed by atoms with E-state index in [1.165, 1.54) is 0 Å². The number of anilines is 2. The Morgan fingerprint density at radius 3 is 2.77 bits per heavy atom. The number of amides is 2. The zero-order valence-electron chi connectivity index (χ0n) is 16.4. The van der Waals surface area contributed by atoms with Gasteiger partial charge in [-0.2, -0.15) is 0 Å². The van der Waals surface area contributed by atoms with Crippen LogP contribution in [0.25, 0.3) is 5.78 Å². The van der Waals surface area contributed by atoms with Crippen LogP contribution < -0.4 is 16.8 Å². The number of benzene rings is 1. The van der Waals surface area contributed by atoms with E-state index in [9.17, 15) is 9.59 Å². The lowest BCUT2D eigenvalue weighted by atomic mass is 9.71. The minimum absolute atomic E-state index is 0.131. The van der Waals surface area contributed by atoms with E-state index >= 15 is 0 Å². The predicted octanol–water partition coefficient (Wildman–Crippen LogP) is 1.46. The minimum Gasteiger partial charge on any atom is -0.397 e. The highest BCUT2D eigenvalue weighted by atomic mass is 16.2. The number of para-hydroxylation sites is 1. The van der Waals surface area contributed by atoms with E-state index in [2.05, 4.69) is 15.3 Å². The Kier molecular flexibility index (Phi) is 4.12. The summed E-state index contributed by atoms with van der Waals surface area (Å²) in [4.78, 5) is 36.5. The van der Waals surface area contributed by atoms with E-state index in [-0.39, 0.29) is 23.4 Å². The summed E-state index contributed by atoms with van der Waals surface area (Å²) in [6, 6.07) is 6.77. The van der Waals surface area contributed by atoms with E-state index in [1.54, 1.807) is 47.3 Å². The summed E-state index contributed by atoms with van der Waals surface area (Å²) in [5.41, 5.74) is 13.0. The van der Waals surface area contributed by atoms with Crippen LogP contribution >= 0.6 is 0 Å². The maximum Gasteiger partial charge on any atom is 0.271 e. The molecule has 30 heavy (non-hydrogen) atoms. The molecule has 5 rings (SSSR count). The average Bonchev–Trinajstić information content (AvgIpc) is 3.31. The Morgan fingerprint density at radius 1 is 1.20 bits per heavy atom. The number of imidazole rings is 1. The van der Waals surface area contributed by atoms with Crippen molar-refractivity contribution >= 4 is 29.0 Å². The first-order chi connectivity index (χ1) is 14.5. The molecule has 0 radical (unpaired) electrons. The number of hydrogen-bond donors (Lipinski definition) is 3. The smallest absolute Gasteiger partial charge is 0.271 e. The van der Waals surface area contributed by atoms with Gasteiger partial charge in [0, 0.05) is 25.1 Å². The Morgan fingerprint density at radius 2 is 2.03 bits per heavy atom. The highest BCUT2D eigenvalue weighted by Crippen LogP contribution is 2.46. The fourth-order valence-corrected chi connectivity index (χ4v) is 4.69. The molecule has 2 aromatic heterocycles. The van der Waals surface area contributed by atoms with Crippen LogP contribution in [0, 0.1) is 0 Å². The number of hydrogen-bond acceptors (Lipinski definition) is 6. The van der Waals surface area contributed by atoms with E-state index in [1.807, 2.05) is 4.90 Å². The van der Waals surface area contributed by atoms with Gasteiger partial charge in [0.25, 0.3) is 11.8 Å². The number of carbonyl (C=O) groups excluding carboxylic acids is 2. The summed E-state index contributed by atoms with van der Waals surface area (Å²) in [7, 11) is 0.